The Hall–Kier alpha value is -2.35. The number of carbonyl (C=O) groups is 1. The first kappa shape index (κ1) is 21.4. The monoisotopic (exact) mass is 415 g/mol. The van der Waals surface area contributed by atoms with Crippen LogP contribution in [0.15, 0.2) is 35.7 Å². The molecule has 3 rings (SSSR count). The van der Waals surface area contributed by atoms with Gasteiger partial charge in [0.05, 0.1) is 11.7 Å². The van der Waals surface area contributed by atoms with E-state index in [-0.39, 0.29) is 12.1 Å². The van der Waals surface area contributed by atoms with E-state index in [0.29, 0.717) is 6.54 Å². The highest BCUT2D eigenvalue weighted by atomic mass is 32.2. The van der Waals surface area contributed by atoms with Crippen LogP contribution in [-0.4, -0.2) is 63.5 Å². The molecule has 0 N–H and O–H groups in total. The summed E-state index contributed by atoms with van der Waals surface area (Å²) in [7, 11) is 0. The smallest absolute Gasteiger partial charge is 0.410 e. The minimum atomic E-state index is -0.485. The van der Waals surface area contributed by atoms with Crippen molar-refractivity contribution in [3.63, 3.8) is 0 Å². The molecule has 8 heteroatoms. The van der Waals surface area contributed by atoms with Gasteiger partial charge in [-0.1, -0.05) is 18.7 Å². The Morgan fingerprint density at radius 2 is 2.03 bits per heavy atom. The van der Waals surface area contributed by atoms with Crippen LogP contribution < -0.4 is 4.90 Å². The van der Waals surface area contributed by atoms with Crippen molar-refractivity contribution in [1.29, 1.82) is 0 Å². The summed E-state index contributed by atoms with van der Waals surface area (Å²) in [6, 6.07) is 6.05. The van der Waals surface area contributed by atoms with Crippen molar-refractivity contribution < 1.29 is 9.53 Å². The molecule has 1 fully saturated rings. The molecule has 1 unspecified atom stereocenters. The summed E-state index contributed by atoms with van der Waals surface area (Å²) in [4.78, 5) is 30.0. The molecule has 1 amide bonds. The van der Waals surface area contributed by atoms with E-state index in [9.17, 15) is 4.79 Å². The molecule has 2 aromatic heterocycles. The molecule has 3 heterocycles. The Morgan fingerprint density at radius 3 is 2.66 bits per heavy atom. The lowest BCUT2D eigenvalue weighted by Gasteiger charge is -2.41. The number of hydrogen-bond donors (Lipinski definition) is 0. The number of ether oxygens (including phenoxy) is 1. The Kier molecular flexibility index (Phi) is 6.62. The Bertz CT molecular complexity index is 838. The topological polar surface area (TPSA) is 71.5 Å². The van der Waals surface area contributed by atoms with Crippen LogP contribution >= 0.6 is 11.8 Å². The Labute approximate surface area is 176 Å². The molecule has 7 nitrogen and oxygen atoms in total. The molecular weight excluding hydrogens is 386 g/mol. The summed E-state index contributed by atoms with van der Waals surface area (Å²) in [5, 5.41) is 0.746. The van der Waals surface area contributed by atoms with Crippen molar-refractivity contribution in [2.75, 3.05) is 30.8 Å². The number of aromatic nitrogens is 3. The molecule has 0 bridgehead atoms. The second kappa shape index (κ2) is 8.98. The van der Waals surface area contributed by atoms with E-state index in [2.05, 4.69) is 26.8 Å². The Balaban J connectivity index is 1.69. The molecule has 0 aliphatic carbocycles. The SMILES string of the molecule is CCC1CN(c2ccc(-c3ccnc(SC)n3)cn2)CCN1C(=O)OC(C)(C)C. The predicted octanol–water partition coefficient (Wildman–Crippen LogP) is 4.10. The van der Waals surface area contributed by atoms with Crippen molar-refractivity contribution in [3.8, 4) is 11.3 Å². The van der Waals surface area contributed by atoms with Gasteiger partial charge in [-0.2, -0.15) is 0 Å². The fourth-order valence-corrected chi connectivity index (χ4v) is 3.65. The molecular formula is C21H29N5O2S. The fourth-order valence-electron chi connectivity index (χ4n) is 3.30. The van der Waals surface area contributed by atoms with Crippen LogP contribution in [-0.2, 0) is 4.74 Å². The maximum absolute atomic E-state index is 12.5. The molecule has 2 aromatic rings. The van der Waals surface area contributed by atoms with Crippen molar-refractivity contribution in [2.45, 2.75) is 50.9 Å². The van der Waals surface area contributed by atoms with Gasteiger partial charge >= 0.3 is 6.09 Å². The van der Waals surface area contributed by atoms with E-state index >= 15 is 0 Å². The van der Waals surface area contributed by atoms with Gasteiger partial charge in [-0.05, 0) is 51.6 Å². The van der Waals surface area contributed by atoms with Crippen LogP contribution in [0.4, 0.5) is 10.6 Å². The van der Waals surface area contributed by atoms with Gasteiger partial charge < -0.3 is 14.5 Å². The lowest BCUT2D eigenvalue weighted by Crippen LogP contribution is -2.56. The summed E-state index contributed by atoms with van der Waals surface area (Å²) >= 11 is 1.52. The van der Waals surface area contributed by atoms with Crippen LogP contribution in [0.2, 0.25) is 0 Å². The first-order chi connectivity index (χ1) is 13.8. The normalized spacial score (nSPS) is 17.3. The van der Waals surface area contributed by atoms with Crippen LogP contribution in [0.3, 0.4) is 0 Å². The van der Waals surface area contributed by atoms with Crippen LogP contribution in [0, 0.1) is 0 Å². The number of amides is 1. The van der Waals surface area contributed by atoms with Gasteiger partial charge in [0.1, 0.15) is 11.4 Å². The van der Waals surface area contributed by atoms with E-state index in [1.165, 1.54) is 11.8 Å². The second-order valence-electron chi connectivity index (χ2n) is 8.02. The average molecular weight is 416 g/mol. The molecule has 1 aliphatic rings. The minimum Gasteiger partial charge on any atom is -0.444 e. The number of anilines is 1. The molecule has 0 spiro atoms. The van der Waals surface area contributed by atoms with Crippen LogP contribution in [0.5, 0.6) is 0 Å². The van der Waals surface area contributed by atoms with Crippen molar-refractivity contribution >= 4 is 23.7 Å². The number of carbonyl (C=O) groups excluding carboxylic acids is 1. The second-order valence-corrected chi connectivity index (χ2v) is 8.79. The van der Waals surface area contributed by atoms with Gasteiger partial charge in [-0.15, -0.1) is 0 Å². The zero-order valence-electron chi connectivity index (χ0n) is 17.8. The molecule has 1 saturated heterocycles. The van der Waals surface area contributed by atoms with Gasteiger partial charge in [-0.25, -0.2) is 19.7 Å². The maximum atomic E-state index is 12.5. The van der Waals surface area contributed by atoms with Gasteiger partial charge in [0, 0.05) is 37.6 Å². The van der Waals surface area contributed by atoms with E-state index < -0.39 is 5.60 Å². The van der Waals surface area contributed by atoms with Crippen molar-refractivity contribution in [3.05, 3.63) is 30.6 Å². The first-order valence-corrected chi connectivity index (χ1v) is 11.1. The highest BCUT2D eigenvalue weighted by Gasteiger charge is 2.32. The van der Waals surface area contributed by atoms with E-state index in [1.807, 2.05) is 56.3 Å². The average Bonchev–Trinajstić information content (AvgIpc) is 2.72. The number of piperazine rings is 1. The summed E-state index contributed by atoms with van der Waals surface area (Å²) in [6.07, 6.45) is 6.21. The third-order valence-electron chi connectivity index (χ3n) is 4.77. The number of nitrogens with zero attached hydrogens (tertiary/aromatic N) is 5. The lowest BCUT2D eigenvalue weighted by atomic mass is 10.1. The molecule has 1 aliphatic heterocycles. The fraction of sp³-hybridized carbons (Fsp3) is 0.524. The first-order valence-electron chi connectivity index (χ1n) is 9.88. The zero-order valence-corrected chi connectivity index (χ0v) is 18.6. The number of thioether (sulfide) groups is 1. The summed E-state index contributed by atoms with van der Waals surface area (Å²) < 4.78 is 5.57. The Morgan fingerprint density at radius 1 is 1.24 bits per heavy atom. The third kappa shape index (κ3) is 5.38. The van der Waals surface area contributed by atoms with E-state index in [0.717, 1.165) is 41.7 Å². The van der Waals surface area contributed by atoms with E-state index in [1.54, 1.807) is 6.20 Å². The van der Waals surface area contributed by atoms with E-state index in [4.69, 9.17) is 4.74 Å². The zero-order chi connectivity index (χ0) is 21.0. The molecule has 156 valence electrons. The number of pyridine rings is 1. The van der Waals surface area contributed by atoms with Crippen LogP contribution in [0.25, 0.3) is 11.3 Å². The minimum absolute atomic E-state index is 0.103. The molecule has 0 saturated carbocycles. The van der Waals surface area contributed by atoms with Crippen molar-refractivity contribution in [2.24, 2.45) is 0 Å². The molecule has 29 heavy (non-hydrogen) atoms. The maximum Gasteiger partial charge on any atom is 0.410 e. The molecule has 0 radical (unpaired) electrons. The summed E-state index contributed by atoms with van der Waals surface area (Å²) in [6.45, 7) is 9.88. The van der Waals surface area contributed by atoms with Crippen molar-refractivity contribution in [1.82, 2.24) is 19.9 Å². The quantitative estimate of drug-likeness (QED) is 0.550. The largest absolute Gasteiger partial charge is 0.444 e. The van der Waals surface area contributed by atoms with Crippen LogP contribution in [0.1, 0.15) is 34.1 Å². The summed E-state index contributed by atoms with van der Waals surface area (Å²) in [5.41, 5.74) is 1.34. The van der Waals surface area contributed by atoms with Gasteiger partial charge in [0.15, 0.2) is 5.16 Å². The number of rotatable bonds is 4. The number of hydrogen-bond acceptors (Lipinski definition) is 7. The highest BCUT2D eigenvalue weighted by Crippen LogP contribution is 2.24. The summed E-state index contributed by atoms with van der Waals surface area (Å²) in [5.74, 6) is 0.912. The third-order valence-corrected chi connectivity index (χ3v) is 5.33. The lowest BCUT2D eigenvalue weighted by molar-refractivity contribution is 0.0136. The molecule has 0 aromatic carbocycles. The standard InChI is InChI=1S/C21H29N5O2S/c1-6-16-14-25(11-12-26(16)20(27)28-21(2,3)4)18-8-7-15(13-23-18)17-9-10-22-19(24-17)29-5/h7-10,13,16H,6,11-12,14H2,1-5H3. The van der Waals surface area contributed by atoms with Gasteiger partial charge in [-0.3, -0.25) is 0 Å². The van der Waals surface area contributed by atoms with Gasteiger partial charge in [0.2, 0.25) is 0 Å². The molecule has 1 atom stereocenters. The van der Waals surface area contributed by atoms with Gasteiger partial charge in [0.25, 0.3) is 0 Å². The highest BCUT2D eigenvalue weighted by molar-refractivity contribution is 7.98. The predicted molar refractivity (Wildman–Crippen MR) is 116 cm³/mol.